The molecule has 9 nitrogen and oxygen atoms in total. The zero-order valence-corrected chi connectivity index (χ0v) is 25.4. The van der Waals surface area contributed by atoms with Crippen molar-refractivity contribution in [3.8, 4) is 0 Å². The van der Waals surface area contributed by atoms with Crippen LogP contribution in [0.4, 0.5) is 5.69 Å². The molecule has 7 rings (SSSR count). The third kappa shape index (κ3) is 5.81. The third-order valence-corrected chi connectivity index (χ3v) is 10.5. The molecule has 228 valence electrons. The molecule has 6 aliphatic rings. The van der Waals surface area contributed by atoms with E-state index in [1.54, 1.807) is 0 Å². The van der Waals surface area contributed by atoms with Gasteiger partial charge in [-0.05, 0) is 128 Å². The van der Waals surface area contributed by atoms with E-state index < -0.39 is 11.6 Å². The number of piperidine rings is 3. The maximum Gasteiger partial charge on any atom is 0.338 e. The molecule has 9 heteroatoms. The number of likely N-dealkylation sites (tertiary alicyclic amines) is 1. The number of anilines is 1. The van der Waals surface area contributed by atoms with Crippen molar-refractivity contribution in [2.24, 2.45) is 17.3 Å². The van der Waals surface area contributed by atoms with Crippen molar-refractivity contribution in [2.45, 2.75) is 102 Å². The predicted octanol–water partition coefficient (Wildman–Crippen LogP) is 3.80. The molecule has 0 aromatic heterocycles. The highest BCUT2D eigenvalue weighted by Gasteiger charge is 2.73. The number of ether oxygens (including phenoxy) is 1. The fraction of sp³-hybridized carbons (Fsp3) is 0.697. The van der Waals surface area contributed by atoms with Crippen molar-refractivity contribution in [3.63, 3.8) is 0 Å². The number of carbonyl (C=O) groups is 4. The molecule has 3 aliphatic heterocycles. The van der Waals surface area contributed by atoms with E-state index in [1.807, 2.05) is 45.0 Å². The predicted molar refractivity (Wildman–Crippen MR) is 159 cm³/mol. The molecule has 3 saturated heterocycles. The van der Waals surface area contributed by atoms with Gasteiger partial charge in [0.05, 0.1) is 11.0 Å². The van der Waals surface area contributed by atoms with Crippen molar-refractivity contribution in [1.82, 2.24) is 15.5 Å². The second-order valence-electron chi connectivity index (χ2n) is 14.7. The lowest BCUT2D eigenvalue weighted by molar-refractivity contribution is -0.223. The maximum absolute atomic E-state index is 13.0. The van der Waals surface area contributed by atoms with E-state index in [0.29, 0.717) is 12.0 Å². The molecule has 2 N–H and O–H groups in total. The van der Waals surface area contributed by atoms with Crippen LogP contribution in [0, 0.1) is 17.3 Å². The van der Waals surface area contributed by atoms with Crippen LogP contribution in [-0.4, -0.2) is 72.0 Å². The fourth-order valence-corrected chi connectivity index (χ4v) is 8.14. The van der Waals surface area contributed by atoms with Crippen LogP contribution in [0.5, 0.6) is 0 Å². The number of hydrogen-bond donors (Lipinski definition) is 2. The van der Waals surface area contributed by atoms with Crippen LogP contribution < -0.4 is 15.5 Å². The molecule has 6 fully saturated rings. The van der Waals surface area contributed by atoms with Crippen LogP contribution in [0.1, 0.15) is 95.3 Å². The molecule has 2 bridgehead atoms. The highest BCUT2D eigenvalue weighted by Crippen LogP contribution is 2.70. The number of rotatable bonds is 7. The van der Waals surface area contributed by atoms with Gasteiger partial charge in [0, 0.05) is 30.7 Å². The Balaban J connectivity index is 0.898. The topological polar surface area (TPSA) is 108 Å². The number of nitrogens with zero attached hydrogens (tertiary/aromatic N) is 2. The maximum atomic E-state index is 13.0. The smallest absolute Gasteiger partial charge is 0.338 e. The van der Waals surface area contributed by atoms with Crippen molar-refractivity contribution in [1.29, 1.82) is 0 Å². The summed E-state index contributed by atoms with van der Waals surface area (Å²) in [5.41, 5.74) is 1.17. The summed E-state index contributed by atoms with van der Waals surface area (Å²) < 4.78 is 5.49. The monoisotopic (exact) mass is 578 g/mol. The van der Waals surface area contributed by atoms with Gasteiger partial charge in [0.2, 0.25) is 17.7 Å². The number of nitrogens with one attached hydrogen (secondary N) is 2. The molecule has 3 aliphatic carbocycles. The van der Waals surface area contributed by atoms with Crippen LogP contribution in [0.15, 0.2) is 24.3 Å². The molecule has 3 heterocycles. The summed E-state index contributed by atoms with van der Waals surface area (Å²) in [6, 6.07) is 7.27. The normalized spacial score (nSPS) is 30.6. The van der Waals surface area contributed by atoms with Gasteiger partial charge >= 0.3 is 5.97 Å². The van der Waals surface area contributed by atoms with Crippen molar-refractivity contribution >= 4 is 29.4 Å². The SMILES string of the molecule is CC(C)(C)OC(=O)c1ccc(N2CCC(CC3CCN(C45CC(C(=O)NC6CCC(=O)NC6=O)(C4)C5)CC3)CC2)cc1. The van der Waals surface area contributed by atoms with Gasteiger partial charge < -0.3 is 15.0 Å². The average Bonchev–Trinajstić information content (AvgIpc) is 2.89. The molecule has 1 aromatic rings. The lowest BCUT2D eigenvalue weighted by Crippen LogP contribution is -2.79. The van der Waals surface area contributed by atoms with Gasteiger partial charge in [-0.15, -0.1) is 0 Å². The minimum absolute atomic E-state index is 0.000846. The third-order valence-electron chi connectivity index (χ3n) is 10.5. The largest absolute Gasteiger partial charge is 0.456 e. The van der Waals surface area contributed by atoms with Gasteiger partial charge in [-0.2, -0.15) is 0 Å². The van der Waals surface area contributed by atoms with Crippen LogP contribution in [0.25, 0.3) is 0 Å². The van der Waals surface area contributed by atoms with E-state index in [0.717, 1.165) is 57.3 Å². The second-order valence-corrected chi connectivity index (χ2v) is 14.7. The lowest BCUT2D eigenvalue weighted by Gasteiger charge is -2.73. The Morgan fingerprint density at radius 2 is 1.52 bits per heavy atom. The zero-order chi connectivity index (χ0) is 29.7. The molecule has 0 spiro atoms. The van der Waals surface area contributed by atoms with Gasteiger partial charge in [0.25, 0.3) is 0 Å². The molecule has 3 amide bonds. The van der Waals surface area contributed by atoms with Gasteiger partial charge in [0.15, 0.2) is 0 Å². The molecular weight excluding hydrogens is 532 g/mol. The molecule has 3 saturated carbocycles. The first-order valence-corrected chi connectivity index (χ1v) is 15.9. The average molecular weight is 579 g/mol. The number of imide groups is 1. The van der Waals surface area contributed by atoms with E-state index in [2.05, 4.69) is 20.4 Å². The van der Waals surface area contributed by atoms with Gasteiger partial charge in [-0.3, -0.25) is 24.6 Å². The Kier molecular flexibility index (Phi) is 7.61. The Morgan fingerprint density at radius 3 is 2.10 bits per heavy atom. The Labute approximate surface area is 249 Å². The fourth-order valence-electron chi connectivity index (χ4n) is 8.14. The first-order valence-electron chi connectivity index (χ1n) is 15.9. The number of hydrogen-bond acceptors (Lipinski definition) is 7. The number of benzene rings is 1. The highest BCUT2D eigenvalue weighted by atomic mass is 16.6. The van der Waals surface area contributed by atoms with E-state index in [4.69, 9.17) is 4.74 Å². The van der Waals surface area contributed by atoms with Crippen LogP contribution in [0.3, 0.4) is 0 Å². The second kappa shape index (κ2) is 11.0. The summed E-state index contributed by atoms with van der Waals surface area (Å²) >= 11 is 0. The Hall–Kier alpha value is -2.94. The van der Waals surface area contributed by atoms with E-state index in [-0.39, 0.29) is 41.1 Å². The minimum Gasteiger partial charge on any atom is -0.456 e. The molecule has 1 aromatic carbocycles. The highest BCUT2D eigenvalue weighted by molar-refractivity contribution is 6.02. The molecule has 42 heavy (non-hydrogen) atoms. The minimum atomic E-state index is -0.576. The standard InChI is InChI=1S/C33H46N4O5/c1-31(2,3)42-29(40)24-4-6-25(7-5-24)36-14-10-22(11-15-36)18-23-12-16-37(17-13-23)33-19-32(20-33,21-33)30(41)34-26-8-9-27(38)35-28(26)39/h4-7,22-23,26H,8-21H2,1-3H3,(H,34,41)(H,35,38,39). The number of esters is 1. The summed E-state index contributed by atoms with van der Waals surface area (Å²) in [6.45, 7) is 10.0. The first-order chi connectivity index (χ1) is 19.9. The van der Waals surface area contributed by atoms with E-state index in [1.165, 1.54) is 37.8 Å². The first kappa shape index (κ1) is 29.1. The van der Waals surface area contributed by atoms with Crippen molar-refractivity contribution in [2.75, 3.05) is 31.1 Å². The number of amides is 3. The van der Waals surface area contributed by atoms with Crippen molar-refractivity contribution in [3.05, 3.63) is 29.8 Å². The summed E-state index contributed by atoms with van der Waals surface area (Å²) in [6.07, 6.45) is 9.60. The summed E-state index contributed by atoms with van der Waals surface area (Å²) in [5, 5.41) is 5.26. The quantitative estimate of drug-likeness (QED) is 0.374. The molecule has 0 radical (unpaired) electrons. The van der Waals surface area contributed by atoms with E-state index in [9.17, 15) is 19.2 Å². The van der Waals surface area contributed by atoms with Gasteiger partial charge in [-0.25, -0.2) is 4.79 Å². The number of carbonyl (C=O) groups excluding carboxylic acids is 4. The molecule has 1 unspecified atom stereocenters. The Bertz CT molecular complexity index is 1200. The van der Waals surface area contributed by atoms with Crippen LogP contribution >= 0.6 is 0 Å². The summed E-state index contributed by atoms with van der Waals surface area (Å²) in [7, 11) is 0. The molecular formula is C33H46N4O5. The van der Waals surface area contributed by atoms with E-state index >= 15 is 0 Å². The summed E-state index contributed by atoms with van der Waals surface area (Å²) in [5.74, 6) is 0.646. The summed E-state index contributed by atoms with van der Waals surface area (Å²) in [4.78, 5) is 53.8. The van der Waals surface area contributed by atoms with Gasteiger partial charge in [0.1, 0.15) is 11.6 Å². The molecule has 1 atom stereocenters. The lowest BCUT2D eigenvalue weighted by atomic mass is 9.38. The Morgan fingerprint density at radius 1 is 0.929 bits per heavy atom. The van der Waals surface area contributed by atoms with Crippen molar-refractivity contribution < 1.29 is 23.9 Å². The van der Waals surface area contributed by atoms with Gasteiger partial charge in [-0.1, -0.05) is 0 Å². The van der Waals surface area contributed by atoms with Crippen LogP contribution in [0.2, 0.25) is 0 Å². The zero-order valence-electron chi connectivity index (χ0n) is 25.4. The van der Waals surface area contributed by atoms with Crippen LogP contribution in [-0.2, 0) is 19.1 Å².